The number of aryl methyl sites for hydroxylation is 1. The van der Waals surface area contributed by atoms with E-state index in [9.17, 15) is 4.57 Å². The molecule has 112 valence electrons. The molecule has 0 bridgehead atoms. The number of benzene rings is 1. The molecule has 0 heterocycles. The van der Waals surface area contributed by atoms with Gasteiger partial charge in [-0.3, -0.25) is 4.57 Å². The number of nitriles is 1. The Bertz CT molecular complexity index is 587. The van der Waals surface area contributed by atoms with Crippen LogP contribution in [0.2, 0.25) is 0 Å². The number of hydrogen-bond acceptors (Lipinski definition) is 4. The monoisotopic (exact) mass is 305 g/mol. The van der Waals surface area contributed by atoms with Gasteiger partial charge in [0.05, 0.1) is 24.9 Å². The number of hydrogen-bond donors (Lipinski definition) is 0. The summed E-state index contributed by atoms with van der Waals surface area (Å²) in [6.45, 7) is 6.05. The highest BCUT2D eigenvalue weighted by Crippen LogP contribution is 2.49. The molecule has 0 saturated carbocycles. The minimum absolute atomic E-state index is 0.283. The molecule has 0 aromatic heterocycles. The number of allylic oxidation sites excluding steroid dienone is 2. The summed E-state index contributed by atoms with van der Waals surface area (Å²) < 4.78 is 22.5. The van der Waals surface area contributed by atoms with Crippen molar-refractivity contribution in [3.8, 4) is 6.07 Å². The summed E-state index contributed by atoms with van der Waals surface area (Å²) in [6, 6.07) is 9.84. The third-order valence-corrected chi connectivity index (χ3v) is 4.33. The largest absolute Gasteiger partial charge is 0.354 e. The predicted octanol–water partition coefficient (Wildman–Crippen LogP) is 4.68. The summed E-state index contributed by atoms with van der Waals surface area (Å²) in [5.74, 6) is 1.34. The molecule has 0 atom stereocenters. The summed E-state index contributed by atoms with van der Waals surface area (Å²) in [4.78, 5) is 0. The van der Waals surface area contributed by atoms with Crippen LogP contribution in [-0.2, 0) is 13.6 Å². The van der Waals surface area contributed by atoms with Crippen LogP contribution >= 0.6 is 7.60 Å². The van der Waals surface area contributed by atoms with Gasteiger partial charge in [-0.15, -0.1) is 0 Å². The minimum atomic E-state index is -3.27. The van der Waals surface area contributed by atoms with Crippen molar-refractivity contribution in [2.75, 3.05) is 13.2 Å². The lowest BCUT2D eigenvalue weighted by molar-refractivity contribution is 0.229. The minimum Gasteiger partial charge on any atom is -0.306 e. The van der Waals surface area contributed by atoms with E-state index in [-0.39, 0.29) is 13.2 Å². The second-order valence-electron chi connectivity index (χ2n) is 4.31. The first-order valence-electron chi connectivity index (χ1n) is 6.79. The van der Waals surface area contributed by atoms with Gasteiger partial charge in [0.25, 0.3) is 0 Å². The van der Waals surface area contributed by atoms with E-state index in [1.165, 1.54) is 11.9 Å². The third-order valence-electron chi connectivity index (χ3n) is 2.58. The molecule has 0 radical (unpaired) electrons. The Labute approximate surface area is 126 Å². The molecule has 0 aliphatic rings. The standard InChI is InChI=1S/C16H20NO3P/c1-4-19-21(18,20-5-2)11-10-16(13-17)12-15-8-6-14(3)7-9-15/h6-12H,4-5H2,1-3H3/b11-10+,16-12-. The lowest BCUT2D eigenvalue weighted by Crippen LogP contribution is -1.92. The molecule has 0 fully saturated rings. The number of rotatable bonds is 7. The van der Waals surface area contributed by atoms with E-state index < -0.39 is 7.60 Å². The van der Waals surface area contributed by atoms with Gasteiger partial charge in [0.15, 0.2) is 0 Å². The second kappa shape index (κ2) is 8.59. The van der Waals surface area contributed by atoms with E-state index in [1.807, 2.05) is 31.2 Å². The van der Waals surface area contributed by atoms with Gasteiger partial charge in [0.2, 0.25) is 0 Å². The zero-order valence-corrected chi connectivity index (χ0v) is 13.5. The highest BCUT2D eigenvalue weighted by atomic mass is 31.2. The quantitative estimate of drug-likeness (QED) is 0.417. The molecule has 0 spiro atoms. The first-order chi connectivity index (χ1) is 10.0. The van der Waals surface area contributed by atoms with Crippen LogP contribution in [0.15, 0.2) is 41.7 Å². The average Bonchev–Trinajstić information content (AvgIpc) is 2.46. The first kappa shape index (κ1) is 17.4. The first-order valence-corrected chi connectivity index (χ1v) is 8.40. The molecule has 0 N–H and O–H groups in total. The Hall–Kier alpha value is -1.66. The summed E-state index contributed by atoms with van der Waals surface area (Å²) >= 11 is 0. The molecular formula is C16H20NO3P. The molecule has 1 rings (SSSR count). The fraction of sp³-hybridized carbons (Fsp3) is 0.312. The zero-order chi connectivity index (χ0) is 15.7. The van der Waals surface area contributed by atoms with Gasteiger partial charge in [-0.2, -0.15) is 5.26 Å². The van der Waals surface area contributed by atoms with Gasteiger partial charge in [-0.1, -0.05) is 29.8 Å². The van der Waals surface area contributed by atoms with Gasteiger partial charge >= 0.3 is 7.60 Å². The summed E-state index contributed by atoms with van der Waals surface area (Å²) in [5.41, 5.74) is 2.45. The highest BCUT2D eigenvalue weighted by molar-refractivity contribution is 7.57. The molecular weight excluding hydrogens is 285 g/mol. The Morgan fingerprint density at radius 2 is 1.81 bits per heavy atom. The van der Waals surface area contributed by atoms with Crippen LogP contribution in [-0.4, -0.2) is 13.2 Å². The fourth-order valence-corrected chi connectivity index (χ4v) is 2.92. The van der Waals surface area contributed by atoms with Crippen molar-refractivity contribution in [1.82, 2.24) is 0 Å². The maximum absolute atomic E-state index is 12.3. The lowest BCUT2D eigenvalue weighted by atomic mass is 10.1. The topological polar surface area (TPSA) is 59.3 Å². The summed E-state index contributed by atoms with van der Waals surface area (Å²) in [7, 11) is -3.27. The second-order valence-corrected chi connectivity index (χ2v) is 6.21. The van der Waals surface area contributed by atoms with Crippen LogP contribution < -0.4 is 0 Å². The van der Waals surface area contributed by atoms with Crippen LogP contribution in [0, 0.1) is 18.3 Å². The Morgan fingerprint density at radius 3 is 2.29 bits per heavy atom. The van der Waals surface area contributed by atoms with Crippen molar-refractivity contribution in [3.05, 3.63) is 52.9 Å². The van der Waals surface area contributed by atoms with Gasteiger partial charge in [-0.25, -0.2) is 0 Å². The van der Waals surface area contributed by atoms with Gasteiger partial charge in [0, 0.05) is 5.82 Å². The zero-order valence-electron chi connectivity index (χ0n) is 12.6. The smallest absolute Gasteiger partial charge is 0.306 e. The molecule has 0 saturated heterocycles. The van der Waals surface area contributed by atoms with Crippen LogP contribution in [0.5, 0.6) is 0 Å². The van der Waals surface area contributed by atoms with Crippen molar-refractivity contribution in [2.45, 2.75) is 20.8 Å². The molecule has 0 aliphatic carbocycles. The molecule has 1 aromatic rings. The van der Waals surface area contributed by atoms with E-state index in [2.05, 4.69) is 6.07 Å². The van der Waals surface area contributed by atoms with Crippen molar-refractivity contribution in [1.29, 1.82) is 5.26 Å². The van der Waals surface area contributed by atoms with Crippen molar-refractivity contribution in [3.63, 3.8) is 0 Å². The summed E-state index contributed by atoms with van der Waals surface area (Å²) in [5, 5.41) is 9.16. The molecule has 4 nitrogen and oxygen atoms in total. The van der Waals surface area contributed by atoms with Gasteiger partial charge in [0.1, 0.15) is 0 Å². The van der Waals surface area contributed by atoms with Gasteiger partial charge < -0.3 is 9.05 Å². The van der Waals surface area contributed by atoms with E-state index in [4.69, 9.17) is 14.3 Å². The SMILES string of the molecule is CCOP(=O)(/C=C/C(C#N)=C/c1ccc(C)cc1)OCC. The maximum atomic E-state index is 12.3. The molecule has 5 heteroatoms. The van der Waals surface area contributed by atoms with E-state index in [0.29, 0.717) is 5.57 Å². The van der Waals surface area contributed by atoms with Crippen molar-refractivity contribution in [2.24, 2.45) is 0 Å². The van der Waals surface area contributed by atoms with Gasteiger partial charge in [-0.05, 0) is 38.5 Å². The average molecular weight is 305 g/mol. The highest BCUT2D eigenvalue weighted by Gasteiger charge is 2.18. The van der Waals surface area contributed by atoms with Crippen molar-refractivity contribution < 1.29 is 13.6 Å². The molecule has 0 unspecified atom stereocenters. The van der Waals surface area contributed by atoms with Crippen LogP contribution in [0.25, 0.3) is 6.08 Å². The molecule has 21 heavy (non-hydrogen) atoms. The molecule has 0 amide bonds. The Kier molecular flexibility index (Phi) is 7.11. The predicted molar refractivity (Wildman–Crippen MR) is 84.8 cm³/mol. The van der Waals surface area contributed by atoms with Crippen LogP contribution in [0.4, 0.5) is 0 Å². The number of nitrogens with zero attached hydrogens (tertiary/aromatic N) is 1. The van der Waals surface area contributed by atoms with E-state index in [0.717, 1.165) is 11.1 Å². The molecule has 0 aliphatic heterocycles. The normalized spacial score (nSPS) is 12.6. The Morgan fingerprint density at radius 1 is 1.24 bits per heavy atom. The third kappa shape index (κ3) is 6.10. The van der Waals surface area contributed by atoms with E-state index >= 15 is 0 Å². The maximum Gasteiger partial charge on any atom is 0.354 e. The lowest BCUT2D eigenvalue weighted by Gasteiger charge is -2.12. The molecule has 1 aromatic carbocycles. The fourth-order valence-electron chi connectivity index (χ4n) is 1.61. The van der Waals surface area contributed by atoms with Crippen LogP contribution in [0.1, 0.15) is 25.0 Å². The van der Waals surface area contributed by atoms with Crippen molar-refractivity contribution >= 4 is 13.7 Å². The van der Waals surface area contributed by atoms with Crippen LogP contribution in [0.3, 0.4) is 0 Å². The van der Waals surface area contributed by atoms with E-state index in [1.54, 1.807) is 19.9 Å². The Balaban J connectivity index is 2.95. The summed E-state index contributed by atoms with van der Waals surface area (Å²) in [6.07, 6.45) is 3.20.